The van der Waals surface area contributed by atoms with Crippen molar-refractivity contribution in [3.05, 3.63) is 58.5 Å². The molecule has 7 nitrogen and oxygen atoms in total. The second-order valence-corrected chi connectivity index (χ2v) is 7.48. The quantitative estimate of drug-likeness (QED) is 0.593. The number of hydrogen-bond donors (Lipinski definition) is 1. The van der Waals surface area contributed by atoms with Crippen LogP contribution in [0.5, 0.6) is 11.5 Å². The molecule has 0 atom stereocenters. The number of likely N-dealkylation sites (N-methyl/N-ethyl adjacent to an activating group) is 1. The van der Waals surface area contributed by atoms with Crippen molar-refractivity contribution in [3.63, 3.8) is 0 Å². The van der Waals surface area contributed by atoms with E-state index in [1.165, 1.54) is 23.9 Å². The van der Waals surface area contributed by atoms with Gasteiger partial charge in [0.1, 0.15) is 11.5 Å². The number of rotatable bonds is 8. The van der Waals surface area contributed by atoms with Crippen LogP contribution in [0.2, 0.25) is 0 Å². The molecule has 3 rings (SSSR count). The van der Waals surface area contributed by atoms with Crippen LogP contribution in [-0.2, 0) is 4.79 Å². The van der Waals surface area contributed by atoms with Crippen LogP contribution in [0.25, 0.3) is 6.08 Å². The highest BCUT2D eigenvalue weighted by molar-refractivity contribution is 8.18. The zero-order chi connectivity index (χ0) is 22.4. The number of aromatic carboxylic acids is 1. The van der Waals surface area contributed by atoms with E-state index >= 15 is 0 Å². The Bertz CT molecular complexity index is 1050. The molecular weight excluding hydrogens is 416 g/mol. The summed E-state index contributed by atoms with van der Waals surface area (Å²) in [7, 11) is 0. The lowest BCUT2D eigenvalue weighted by atomic mass is 10.1. The van der Waals surface area contributed by atoms with E-state index in [9.17, 15) is 14.7 Å². The molecule has 0 spiro atoms. The molecule has 2 aromatic rings. The van der Waals surface area contributed by atoms with Gasteiger partial charge in [0.25, 0.3) is 5.91 Å². The van der Waals surface area contributed by atoms with Crippen LogP contribution in [0.15, 0.2) is 52.4 Å². The van der Waals surface area contributed by atoms with Crippen LogP contribution in [-0.4, -0.2) is 46.8 Å². The maximum Gasteiger partial charge on any atom is 0.335 e. The van der Waals surface area contributed by atoms with Gasteiger partial charge in [-0.2, -0.15) is 0 Å². The monoisotopic (exact) mass is 440 g/mol. The zero-order valence-corrected chi connectivity index (χ0v) is 18.4. The fourth-order valence-electron chi connectivity index (χ4n) is 3.00. The SMILES string of the molecule is CCOc1ccc(/C=C2\SC(=Nc3cccc(C(=O)O)c3)N(CC)C2=O)c(OCC)c1. The van der Waals surface area contributed by atoms with E-state index in [0.717, 1.165) is 5.56 Å². The summed E-state index contributed by atoms with van der Waals surface area (Å²) < 4.78 is 11.3. The Hall–Kier alpha value is -3.26. The van der Waals surface area contributed by atoms with Gasteiger partial charge < -0.3 is 14.6 Å². The number of hydrogen-bond acceptors (Lipinski definition) is 6. The van der Waals surface area contributed by atoms with Gasteiger partial charge in [0, 0.05) is 18.2 Å². The average Bonchev–Trinajstić information content (AvgIpc) is 3.04. The van der Waals surface area contributed by atoms with Gasteiger partial charge in [0.15, 0.2) is 5.17 Å². The van der Waals surface area contributed by atoms with E-state index in [2.05, 4.69) is 4.99 Å². The second kappa shape index (κ2) is 10.2. The lowest BCUT2D eigenvalue weighted by Crippen LogP contribution is -2.28. The number of thioether (sulfide) groups is 1. The van der Waals surface area contributed by atoms with Gasteiger partial charge in [-0.25, -0.2) is 9.79 Å². The summed E-state index contributed by atoms with van der Waals surface area (Å²) in [4.78, 5) is 30.8. The highest BCUT2D eigenvalue weighted by atomic mass is 32.2. The third-order valence-electron chi connectivity index (χ3n) is 4.40. The standard InChI is InChI=1S/C23H24N2O5S/c1-4-25-21(26)20(13-15-10-11-18(29-5-2)14-19(15)30-6-3)31-23(25)24-17-9-7-8-16(12-17)22(27)28/h7-14H,4-6H2,1-3H3,(H,27,28)/b20-13-,24-23?. The van der Waals surface area contributed by atoms with Gasteiger partial charge in [-0.1, -0.05) is 6.07 Å². The van der Waals surface area contributed by atoms with Crippen LogP contribution in [0.1, 0.15) is 36.7 Å². The van der Waals surface area contributed by atoms with Crippen molar-refractivity contribution in [1.82, 2.24) is 4.90 Å². The molecule has 1 heterocycles. The molecule has 1 amide bonds. The van der Waals surface area contributed by atoms with E-state index in [-0.39, 0.29) is 11.5 Å². The molecule has 0 bridgehead atoms. The number of carboxylic acids is 1. The molecule has 2 aromatic carbocycles. The van der Waals surface area contributed by atoms with E-state index < -0.39 is 5.97 Å². The lowest BCUT2D eigenvalue weighted by Gasteiger charge is -2.12. The summed E-state index contributed by atoms with van der Waals surface area (Å²) in [5.74, 6) is 0.159. The number of amides is 1. The zero-order valence-electron chi connectivity index (χ0n) is 17.6. The fourth-order valence-corrected chi connectivity index (χ4v) is 4.05. The topological polar surface area (TPSA) is 88.4 Å². The Kier molecular flexibility index (Phi) is 7.36. The van der Waals surface area contributed by atoms with Crippen molar-refractivity contribution in [2.75, 3.05) is 19.8 Å². The van der Waals surface area contributed by atoms with Crippen LogP contribution in [0.3, 0.4) is 0 Å². The van der Waals surface area contributed by atoms with Gasteiger partial charge in [-0.3, -0.25) is 9.69 Å². The lowest BCUT2D eigenvalue weighted by molar-refractivity contribution is -0.122. The van der Waals surface area contributed by atoms with Crippen molar-refractivity contribution in [3.8, 4) is 11.5 Å². The molecule has 162 valence electrons. The summed E-state index contributed by atoms with van der Waals surface area (Å²) in [6, 6.07) is 11.8. The molecule has 0 aliphatic carbocycles. The van der Waals surface area contributed by atoms with E-state index in [4.69, 9.17) is 9.47 Å². The third kappa shape index (κ3) is 5.27. The highest BCUT2D eigenvalue weighted by Crippen LogP contribution is 2.36. The summed E-state index contributed by atoms with van der Waals surface area (Å²) in [5, 5.41) is 9.70. The van der Waals surface area contributed by atoms with E-state index in [1.807, 2.05) is 39.0 Å². The molecule has 8 heteroatoms. The minimum Gasteiger partial charge on any atom is -0.494 e. The number of carbonyl (C=O) groups is 2. The first-order valence-corrected chi connectivity index (χ1v) is 10.8. The molecule has 0 unspecified atom stereocenters. The largest absolute Gasteiger partial charge is 0.494 e. The number of amidine groups is 1. The second-order valence-electron chi connectivity index (χ2n) is 6.48. The molecule has 1 aliphatic heterocycles. The minimum atomic E-state index is -1.02. The molecule has 1 aliphatic rings. The number of carbonyl (C=O) groups excluding carboxylic acids is 1. The molecule has 1 fully saturated rings. The van der Waals surface area contributed by atoms with Crippen molar-refractivity contribution in [1.29, 1.82) is 0 Å². The Balaban J connectivity index is 1.95. The average molecular weight is 441 g/mol. The number of aliphatic imine (C=N–C) groups is 1. The molecule has 1 saturated heterocycles. The summed E-state index contributed by atoms with van der Waals surface area (Å²) in [6.45, 7) is 7.16. The summed E-state index contributed by atoms with van der Waals surface area (Å²) >= 11 is 1.25. The van der Waals surface area contributed by atoms with Gasteiger partial charge in [-0.05, 0) is 68.9 Å². The Morgan fingerprint density at radius 2 is 1.90 bits per heavy atom. The third-order valence-corrected chi connectivity index (χ3v) is 5.41. The summed E-state index contributed by atoms with van der Waals surface area (Å²) in [5.41, 5.74) is 1.39. The van der Waals surface area contributed by atoms with Crippen LogP contribution in [0, 0.1) is 0 Å². The first-order valence-electron chi connectivity index (χ1n) is 9.99. The summed E-state index contributed by atoms with van der Waals surface area (Å²) in [6.07, 6.45) is 1.78. The maximum absolute atomic E-state index is 13.0. The van der Waals surface area contributed by atoms with E-state index in [1.54, 1.807) is 23.1 Å². The van der Waals surface area contributed by atoms with Crippen LogP contribution < -0.4 is 9.47 Å². The first-order chi connectivity index (χ1) is 15.0. The van der Waals surface area contributed by atoms with Gasteiger partial charge in [0.05, 0.1) is 29.4 Å². The predicted octanol–water partition coefficient (Wildman–Crippen LogP) is 4.81. The highest BCUT2D eigenvalue weighted by Gasteiger charge is 2.32. The predicted molar refractivity (Wildman–Crippen MR) is 122 cm³/mol. The smallest absolute Gasteiger partial charge is 0.335 e. The number of carboxylic acid groups (broad SMARTS) is 1. The van der Waals surface area contributed by atoms with Gasteiger partial charge >= 0.3 is 5.97 Å². The first kappa shape index (κ1) is 22.4. The molecule has 0 radical (unpaired) electrons. The fraction of sp³-hybridized carbons (Fsp3) is 0.261. The minimum absolute atomic E-state index is 0.144. The molecule has 0 saturated carbocycles. The van der Waals surface area contributed by atoms with Crippen molar-refractivity contribution in [2.45, 2.75) is 20.8 Å². The van der Waals surface area contributed by atoms with Gasteiger partial charge in [-0.15, -0.1) is 0 Å². The number of benzene rings is 2. The molecular formula is C23H24N2O5S. The Morgan fingerprint density at radius 3 is 2.58 bits per heavy atom. The van der Waals surface area contributed by atoms with Crippen molar-refractivity contribution < 1.29 is 24.2 Å². The normalized spacial score (nSPS) is 16.2. The van der Waals surface area contributed by atoms with Crippen LogP contribution in [0.4, 0.5) is 5.69 Å². The maximum atomic E-state index is 13.0. The van der Waals surface area contributed by atoms with Gasteiger partial charge in [0.2, 0.25) is 0 Å². The van der Waals surface area contributed by atoms with Crippen molar-refractivity contribution >= 4 is 40.6 Å². The number of ether oxygens (including phenoxy) is 2. The van der Waals surface area contributed by atoms with Crippen molar-refractivity contribution in [2.24, 2.45) is 4.99 Å². The number of nitrogens with zero attached hydrogens (tertiary/aromatic N) is 2. The molecule has 0 aromatic heterocycles. The Morgan fingerprint density at radius 1 is 1.13 bits per heavy atom. The van der Waals surface area contributed by atoms with Crippen LogP contribution >= 0.6 is 11.8 Å². The Labute approximate surface area is 185 Å². The van der Waals surface area contributed by atoms with E-state index in [0.29, 0.717) is 47.0 Å². The molecule has 31 heavy (non-hydrogen) atoms. The molecule has 1 N–H and O–H groups in total.